The lowest BCUT2D eigenvalue weighted by Crippen LogP contribution is -2.39. The van der Waals surface area contributed by atoms with Gasteiger partial charge in [0.15, 0.2) is 5.96 Å². The Morgan fingerprint density at radius 3 is 2.54 bits per heavy atom. The normalized spacial score (nSPS) is 12.0. The Kier molecular flexibility index (Phi) is 12.3. The molecule has 0 saturated heterocycles. The molecule has 6 heteroatoms. The van der Waals surface area contributed by atoms with Crippen molar-refractivity contribution in [3.05, 3.63) is 65.7 Å². The van der Waals surface area contributed by atoms with Crippen LogP contribution in [0.2, 0.25) is 0 Å². The van der Waals surface area contributed by atoms with Gasteiger partial charge in [-0.05, 0) is 36.6 Å². The van der Waals surface area contributed by atoms with E-state index >= 15 is 0 Å². The third-order valence-corrected chi connectivity index (χ3v) is 4.14. The molecule has 0 spiro atoms. The second-order valence-corrected chi connectivity index (χ2v) is 6.36. The Bertz CT molecular complexity index is 695. The van der Waals surface area contributed by atoms with E-state index in [1.165, 1.54) is 0 Å². The van der Waals surface area contributed by atoms with Crippen molar-refractivity contribution in [2.45, 2.75) is 32.7 Å². The Balaban J connectivity index is 0.00000392. The van der Waals surface area contributed by atoms with Crippen molar-refractivity contribution >= 4 is 29.9 Å². The minimum Gasteiger partial charge on any atom is -0.494 e. The zero-order chi connectivity index (χ0) is 19.3. The van der Waals surface area contributed by atoms with E-state index in [4.69, 9.17) is 4.74 Å². The average Bonchev–Trinajstić information content (AvgIpc) is 2.72. The van der Waals surface area contributed by atoms with Gasteiger partial charge in [0.1, 0.15) is 5.75 Å². The molecule has 154 valence electrons. The molecule has 0 aliphatic heterocycles. The van der Waals surface area contributed by atoms with Crippen molar-refractivity contribution in [2.75, 3.05) is 26.3 Å². The van der Waals surface area contributed by atoms with E-state index in [0.29, 0.717) is 13.1 Å². The molecule has 28 heavy (non-hydrogen) atoms. The number of rotatable bonds is 10. The fourth-order valence-corrected chi connectivity index (χ4v) is 2.70. The molecule has 1 atom stereocenters. The van der Waals surface area contributed by atoms with Crippen molar-refractivity contribution in [3.63, 3.8) is 0 Å². The van der Waals surface area contributed by atoms with E-state index < -0.39 is 0 Å². The molecule has 0 aromatic heterocycles. The van der Waals surface area contributed by atoms with Crippen molar-refractivity contribution < 1.29 is 9.84 Å². The number of ether oxygens (including phenoxy) is 1. The molecule has 0 heterocycles. The highest BCUT2D eigenvalue weighted by molar-refractivity contribution is 14.0. The summed E-state index contributed by atoms with van der Waals surface area (Å²) >= 11 is 0. The molecule has 0 aliphatic carbocycles. The van der Waals surface area contributed by atoms with Crippen molar-refractivity contribution in [3.8, 4) is 5.75 Å². The van der Waals surface area contributed by atoms with Crippen LogP contribution in [-0.2, 0) is 6.54 Å². The molecule has 5 nitrogen and oxygen atoms in total. The van der Waals surface area contributed by atoms with Gasteiger partial charge in [0.25, 0.3) is 0 Å². The summed E-state index contributed by atoms with van der Waals surface area (Å²) in [4.78, 5) is 4.66. The van der Waals surface area contributed by atoms with Crippen LogP contribution in [0, 0.1) is 0 Å². The number of guanidine groups is 1. The molecule has 0 fully saturated rings. The fraction of sp³-hybridized carbons (Fsp3) is 0.409. The summed E-state index contributed by atoms with van der Waals surface area (Å²) in [5.41, 5.74) is 2.21. The first-order valence-corrected chi connectivity index (χ1v) is 9.66. The third-order valence-electron chi connectivity index (χ3n) is 4.14. The van der Waals surface area contributed by atoms with Crippen LogP contribution in [0.4, 0.5) is 0 Å². The summed E-state index contributed by atoms with van der Waals surface area (Å²) < 4.78 is 5.69. The molecule has 2 aromatic rings. The summed E-state index contributed by atoms with van der Waals surface area (Å²) in [6.45, 7) is 6.90. The first kappa shape index (κ1) is 24.2. The van der Waals surface area contributed by atoms with Gasteiger partial charge in [-0.25, -0.2) is 4.99 Å². The number of hydrogen-bond acceptors (Lipinski definition) is 3. The van der Waals surface area contributed by atoms with Crippen LogP contribution in [0.3, 0.4) is 0 Å². The number of aliphatic imine (C=N–C) groups is 1. The average molecular weight is 497 g/mol. The lowest BCUT2D eigenvalue weighted by Gasteiger charge is -2.18. The molecule has 3 N–H and O–H groups in total. The number of aliphatic hydroxyl groups is 1. The van der Waals surface area contributed by atoms with E-state index in [1.54, 1.807) is 0 Å². The smallest absolute Gasteiger partial charge is 0.191 e. The zero-order valence-electron chi connectivity index (χ0n) is 16.7. The Labute approximate surface area is 185 Å². The minimum absolute atomic E-state index is 0. The van der Waals surface area contributed by atoms with Gasteiger partial charge in [0, 0.05) is 19.0 Å². The zero-order valence-corrected chi connectivity index (χ0v) is 19.1. The number of nitrogens with zero attached hydrogens (tertiary/aromatic N) is 1. The molecule has 2 rings (SSSR count). The van der Waals surface area contributed by atoms with Crippen LogP contribution in [0.15, 0.2) is 59.6 Å². The summed E-state index contributed by atoms with van der Waals surface area (Å²) in [6.07, 6.45) is 0.990. The quantitative estimate of drug-likeness (QED) is 0.265. The van der Waals surface area contributed by atoms with Gasteiger partial charge in [-0.3, -0.25) is 0 Å². The lowest BCUT2D eigenvalue weighted by atomic mass is 10.0. The van der Waals surface area contributed by atoms with Gasteiger partial charge < -0.3 is 20.5 Å². The maximum absolute atomic E-state index is 9.72. The highest BCUT2D eigenvalue weighted by atomic mass is 127. The first-order chi connectivity index (χ1) is 13.3. The molecule has 1 unspecified atom stereocenters. The molecule has 2 aromatic carbocycles. The van der Waals surface area contributed by atoms with Gasteiger partial charge in [0.2, 0.25) is 0 Å². The lowest BCUT2D eigenvalue weighted by molar-refractivity contribution is 0.265. The third kappa shape index (κ3) is 8.48. The van der Waals surface area contributed by atoms with E-state index in [0.717, 1.165) is 42.4 Å². The summed E-state index contributed by atoms with van der Waals surface area (Å²) in [6, 6.07) is 18.1. The van der Waals surface area contributed by atoms with Crippen LogP contribution < -0.4 is 15.4 Å². The Hall–Kier alpha value is -1.80. The van der Waals surface area contributed by atoms with Gasteiger partial charge in [-0.1, -0.05) is 49.4 Å². The van der Waals surface area contributed by atoms with E-state index in [2.05, 4.69) is 22.5 Å². The SMILES string of the molecule is CCCOc1cccc(CN=C(NCC)NCC(CO)c2ccccc2)c1.I. The highest BCUT2D eigenvalue weighted by Crippen LogP contribution is 2.15. The summed E-state index contributed by atoms with van der Waals surface area (Å²) in [5, 5.41) is 16.3. The van der Waals surface area contributed by atoms with E-state index in [1.807, 2.05) is 61.5 Å². The largest absolute Gasteiger partial charge is 0.494 e. The fourth-order valence-electron chi connectivity index (χ4n) is 2.70. The van der Waals surface area contributed by atoms with Crippen LogP contribution in [0.5, 0.6) is 5.75 Å². The van der Waals surface area contributed by atoms with Crippen molar-refractivity contribution in [2.24, 2.45) is 4.99 Å². The Morgan fingerprint density at radius 1 is 1.07 bits per heavy atom. The number of benzene rings is 2. The predicted molar refractivity (Wildman–Crippen MR) is 127 cm³/mol. The van der Waals surface area contributed by atoms with Crippen LogP contribution in [-0.4, -0.2) is 37.4 Å². The van der Waals surface area contributed by atoms with Crippen LogP contribution >= 0.6 is 24.0 Å². The Morgan fingerprint density at radius 2 is 1.86 bits per heavy atom. The standard InChI is InChI=1S/C22H31N3O2.HI/c1-3-13-27-21-12-8-9-18(14-21)15-24-22(23-4-2)25-16-20(17-26)19-10-6-5-7-11-19;/h5-12,14,20,26H,3-4,13,15-17H2,1-2H3,(H2,23,24,25);1H. The first-order valence-electron chi connectivity index (χ1n) is 9.66. The molecule has 0 aliphatic rings. The maximum Gasteiger partial charge on any atom is 0.191 e. The van der Waals surface area contributed by atoms with E-state index in [-0.39, 0.29) is 36.5 Å². The molecule has 0 saturated carbocycles. The van der Waals surface area contributed by atoms with Crippen LogP contribution in [0.25, 0.3) is 0 Å². The van der Waals surface area contributed by atoms with E-state index in [9.17, 15) is 5.11 Å². The second-order valence-electron chi connectivity index (χ2n) is 6.36. The molecule has 0 bridgehead atoms. The van der Waals surface area contributed by atoms with Crippen LogP contribution in [0.1, 0.15) is 37.3 Å². The van der Waals surface area contributed by atoms with Gasteiger partial charge in [-0.15, -0.1) is 24.0 Å². The van der Waals surface area contributed by atoms with Gasteiger partial charge in [-0.2, -0.15) is 0 Å². The number of halogens is 1. The molecular weight excluding hydrogens is 465 g/mol. The number of nitrogens with one attached hydrogen (secondary N) is 2. The molecule has 0 amide bonds. The summed E-state index contributed by atoms with van der Waals surface area (Å²) in [5.74, 6) is 1.65. The highest BCUT2D eigenvalue weighted by Gasteiger charge is 2.10. The second kappa shape index (κ2) is 14.2. The topological polar surface area (TPSA) is 65.9 Å². The monoisotopic (exact) mass is 497 g/mol. The summed E-state index contributed by atoms with van der Waals surface area (Å²) in [7, 11) is 0. The molecular formula is C22H32IN3O2. The number of hydrogen-bond donors (Lipinski definition) is 3. The number of aliphatic hydroxyl groups excluding tert-OH is 1. The molecule has 0 radical (unpaired) electrons. The van der Waals surface area contributed by atoms with Crippen molar-refractivity contribution in [1.82, 2.24) is 10.6 Å². The predicted octanol–water partition coefficient (Wildman–Crippen LogP) is 3.92. The minimum atomic E-state index is 0. The van der Waals surface area contributed by atoms with Crippen molar-refractivity contribution in [1.29, 1.82) is 0 Å². The maximum atomic E-state index is 9.72. The van der Waals surface area contributed by atoms with Gasteiger partial charge >= 0.3 is 0 Å². The van der Waals surface area contributed by atoms with Gasteiger partial charge in [0.05, 0.1) is 19.8 Å².